The molecule has 6 heteroatoms. The second-order valence-electron chi connectivity index (χ2n) is 6.72. The highest BCUT2D eigenvalue weighted by Gasteiger charge is 2.37. The second-order valence-corrected chi connectivity index (χ2v) is 7.73. The normalized spacial score (nSPS) is 12.3. The molecule has 0 bridgehead atoms. The fourth-order valence-electron chi connectivity index (χ4n) is 2.22. The summed E-state index contributed by atoms with van der Waals surface area (Å²) in [4.78, 5) is 4.34. The van der Waals surface area contributed by atoms with Crippen molar-refractivity contribution in [3.63, 3.8) is 0 Å². The molecule has 0 aliphatic rings. The summed E-state index contributed by atoms with van der Waals surface area (Å²) >= 11 is 1.13. The first-order valence-corrected chi connectivity index (χ1v) is 8.98. The largest absolute Gasteiger partial charge is 0.417 e. The van der Waals surface area contributed by atoms with Crippen molar-refractivity contribution in [3.8, 4) is 6.07 Å². The van der Waals surface area contributed by atoms with Crippen LogP contribution >= 0.6 is 11.8 Å². The minimum atomic E-state index is -4.59. The minimum absolute atomic E-state index is 0.116. The maximum Gasteiger partial charge on any atom is 0.417 e. The molecular weight excluding hydrogens is 357 g/mol. The zero-order valence-corrected chi connectivity index (χ0v) is 15.6. The molecule has 1 heterocycles. The molecule has 2 aromatic rings. The number of thioether (sulfide) groups is 1. The summed E-state index contributed by atoms with van der Waals surface area (Å²) < 4.78 is 40.2. The molecule has 0 saturated heterocycles. The van der Waals surface area contributed by atoms with Crippen LogP contribution in [0.4, 0.5) is 13.2 Å². The summed E-state index contributed by atoms with van der Waals surface area (Å²) in [6, 6.07) is 12.3. The van der Waals surface area contributed by atoms with E-state index in [9.17, 15) is 18.4 Å². The molecule has 2 rings (SSSR count). The zero-order valence-electron chi connectivity index (χ0n) is 14.8. The second kappa shape index (κ2) is 7.96. The van der Waals surface area contributed by atoms with Gasteiger partial charge in [-0.3, -0.25) is 0 Å². The molecule has 2 nitrogen and oxygen atoms in total. The average molecular weight is 376 g/mol. The molecule has 0 saturated carbocycles. The van der Waals surface area contributed by atoms with Crippen LogP contribution in [0.2, 0.25) is 0 Å². The van der Waals surface area contributed by atoms with Crippen LogP contribution in [-0.2, 0) is 11.6 Å². The van der Waals surface area contributed by atoms with E-state index >= 15 is 0 Å². The molecule has 1 aromatic carbocycles. The predicted molar refractivity (Wildman–Crippen MR) is 98.9 cm³/mol. The molecule has 0 fully saturated rings. The van der Waals surface area contributed by atoms with Gasteiger partial charge in [-0.1, -0.05) is 63.3 Å². The van der Waals surface area contributed by atoms with Gasteiger partial charge in [0.15, 0.2) is 0 Å². The maximum atomic E-state index is 13.4. The molecule has 136 valence electrons. The third-order valence-electron chi connectivity index (χ3n) is 3.60. The van der Waals surface area contributed by atoms with E-state index in [0.29, 0.717) is 11.4 Å². The van der Waals surface area contributed by atoms with Crippen molar-refractivity contribution in [2.24, 2.45) is 0 Å². The lowest BCUT2D eigenvalue weighted by Gasteiger charge is -2.21. The predicted octanol–water partition coefficient (Wildman–Crippen LogP) is 6.08. The Morgan fingerprint density at radius 2 is 1.81 bits per heavy atom. The van der Waals surface area contributed by atoms with Crippen LogP contribution in [0.1, 0.15) is 43.2 Å². The Morgan fingerprint density at radius 3 is 2.35 bits per heavy atom. The topological polar surface area (TPSA) is 36.7 Å². The van der Waals surface area contributed by atoms with Crippen LogP contribution in [0.3, 0.4) is 0 Å². The Morgan fingerprint density at radius 1 is 1.15 bits per heavy atom. The Bertz CT molecular complexity index is 829. The summed E-state index contributed by atoms with van der Waals surface area (Å²) in [5.41, 5.74) is -0.569. The lowest BCUT2D eigenvalue weighted by Crippen LogP contribution is -2.18. The van der Waals surface area contributed by atoms with Gasteiger partial charge < -0.3 is 0 Å². The van der Waals surface area contributed by atoms with Gasteiger partial charge in [-0.25, -0.2) is 4.98 Å². The highest BCUT2D eigenvalue weighted by Crippen LogP contribution is 2.38. The quantitative estimate of drug-likeness (QED) is 0.607. The molecule has 26 heavy (non-hydrogen) atoms. The Balaban J connectivity index is 2.34. The van der Waals surface area contributed by atoms with E-state index in [1.54, 1.807) is 26.8 Å². The minimum Gasteiger partial charge on any atom is -0.245 e. The van der Waals surface area contributed by atoms with Crippen molar-refractivity contribution in [2.75, 3.05) is 5.75 Å². The van der Waals surface area contributed by atoms with Gasteiger partial charge in [-0.2, -0.15) is 18.4 Å². The van der Waals surface area contributed by atoms with E-state index in [4.69, 9.17) is 0 Å². The molecule has 0 N–H and O–H groups in total. The van der Waals surface area contributed by atoms with Crippen LogP contribution in [0.15, 0.2) is 47.5 Å². The molecule has 0 atom stereocenters. The average Bonchev–Trinajstić information content (AvgIpc) is 2.57. The van der Waals surface area contributed by atoms with Gasteiger partial charge in [0.25, 0.3) is 0 Å². The van der Waals surface area contributed by atoms with E-state index in [1.165, 1.54) is 0 Å². The van der Waals surface area contributed by atoms with Crippen molar-refractivity contribution >= 4 is 17.8 Å². The SMILES string of the molecule is CC(C)(C)c1cc(C(F)(F)F)c(C#N)c(SC/C=C/c2ccccc2)n1. The van der Waals surface area contributed by atoms with E-state index in [2.05, 4.69) is 4.98 Å². The van der Waals surface area contributed by atoms with E-state index in [-0.39, 0.29) is 5.03 Å². The zero-order chi connectivity index (χ0) is 19.4. The van der Waals surface area contributed by atoms with Gasteiger partial charge in [0.1, 0.15) is 11.1 Å². The van der Waals surface area contributed by atoms with Gasteiger partial charge in [0, 0.05) is 16.9 Å². The Kier molecular flexibility index (Phi) is 6.14. The molecule has 0 spiro atoms. The summed E-state index contributed by atoms with van der Waals surface area (Å²) in [5.74, 6) is 0.418. The first-order chi connectivity index (χ1) is 12.1. The highest BCUT2D eigenvalue weighted by atomic mass is 32.2. The van der Waals surface area contributed by atoms with E-state index < -0.39 is 22.7 Å². The van der Waals surface area contributed by atoms with Gasteiger partial charge in [-0.15, -0.1) is 11.8 Å². The van der Waals surface area contributed by atoms with Crippen LogP contribution < -0.4 is 0 Å². The molecule has 1 aromatic heterocycles. The van der Waals surface area contributed by atoms with Crippen LogP contribution in [0.5, 0.6) is 0 Å². The molecule has 0 amide bonds. The van der Waals surface area contributed by atoms with Crippen LogP contribution in [0, 0.1) is 11.3 Å². The number of pyridine rings is 1. The third kappa shape index (κ3) is 5.12. The number of rotatable bonds is 4. The molecular formula is C20H19F3N2S. The van der Waals surface area contributed by atoms with Crippen molar-refractivity contribution in [1.29, 1.82) is 5.26 Å². The number of alkyl halides is 3. The number of benzene rings is 1. The standard InChI is InChI=1S/C20H19F3N2S/c1-19(2,3)17-12-16(20(21,22)23)15(13-24)18(25-17)26-11-7-10-14-8-5-4-6-9-14/h4-10,12H,11H2,1-3H3/b10-7+. The summed E-state index contributed by atoms with van der Waals surface area (Å²) in [7, 11) is 0. The first-order valence-electron chi connectivity index (χ1n) is 8.00. The number of nitrogens with zero attached hydrogens (tertiary/aromatic N) is 2. The number of halogens is 3. The summed E-state index contributed by atoms with van der Waals surface area (Å²) in [6.07, 6.45) is -0.861. The summed E-state index contributed by atoms with van der Waals surface area (Å²) in [5, 5.41) is 9.39. The summed E-state index contributed by atoms with van der Waals surface area (Å²) in [6.45, 7) is 5.39. The van der Waals surface area contributed by atoms with Crippen molar-refractivity contribution < 1.29 is 13.2 Å². The van der Waals surface area contributed by atoms with Crippen molar-refractivity contribution in [3.05, 3.63) is 64.9 Å². The van der Waals surface area contributed by atoms with Gasteiger partial charge in [-0.05, 0) is 11.6 Å². The highest BCUT2D eigenvalue weighted by molar-refractivity contribution is 7.99. The first kappa shape index (κ1) is 20.1. The fraction of sp³-hybridized carbons (Fsp3) is 0.300. The van der Waals surface area contributed by atoms with Gasteiger partial charge in [0.05, 0.1) is 11.1 Å². The lowest BCUT2D eigenvalue weighted by molar-refractivity contribution is -0.138. The smallest absolute Gasteiger partial charge is 0.245 e. The molecule has 0 radical (unpaired) electrons. The Labute approximate surface area is 155 Å². The molecule has 0 aliphatic carbocycles. The third-order valence-corrected chi connectivity index (χ3v) is 4.53. The monoisotopic (exact) mass is 376 g/mol. The van der Waals surface area contributed by atoms with E-state index in [0.717, 1.165) is 23.4 Å². The van der Waals surface area contributed by atoms with Crippen LogP contribution in [0.25, 0.3) is 6.08 Å². The number of nitriles is 1. The van der Waals surface area contributed by atoms with Crippen molar-refractivity contribution in [1.82, 2.24) is 4.98 Å². The molecule has 0 unspecified atom stereocenters. The van der Waals surface area contributed by atoms with Gasteiger partial charge in [0.2, 0.25) is 0 Å². The van der Waals surface area contributed by atoms with Crippen molar-refractivity contribution in [2.45, 2.75) is 37.4 Å². The van der Waals surface area contributed by atoms with Gasteiger partial charge >= 0.3 is 6.18 Å². The number of hydrogen-bond donors (Lipinski definition) is 0. The van der Waals surface area contributed by atoms with Crippen LogP contribution in [-0.4, -0.2) is 10.7 Å². The number of hydrogen-bond acceptors (Lipinski definition) is 3. The lowest BCUT2D eigenvalue weighted by atomic mass is 9.90. The molecule has 0 aliphatic heterocycles. The fourth-order valence-corrected chi connectivity index (χ4v) is 3.03. The number of aromatic nitrogens is 1. The van der Waals surface area contributed by atoms with E-state index in [1.807, 2.05) is 42.5 Å². The maximum absolute atomic E-state index is 13.4. The Hall–Kier alpha value is -2.26.